The molecule has 0 saturated carbocycles. The molecule has 0 spiro atoms. The van der Waals surface area contributed by atoms with Crippen LogP contribution in [0.5, 0.6) is 11.5 Å². The number of benzene rings is 2. The van der Waals surface area contributed by atoms with Crippen molar-refractivity contribution in [2.24, 2.45) is 0 Å². The second-order valence-electron chi connectivity index (χ2n) is 7.20. The van der Waals surface area contributed by atoms with Crippen molar-refractivity contribution in [3.63, 3.8) is 0 Å². The average molecular weight is 425 g/mol. The molecule has 0 bridgehead atoms. The van der Waals surface area contributed by atoms with Crippen LogP contribution in [-0.2, 0) is 6.42 Å². The number of anilines is 2. The Balaban J connectivity index is 1.31. The third-order valence-corrected chi connectivity index (χ3v) is 6.02. The lowest BCUT2D eigenvalue weighted by atomic mass is 9.93. The molecule has 2 aliphatic heterocycles. The van der Waals surface area contributed by atoms with Crippen LogP contribution >= 0.6 is 11.3 Å². The van der Waals surface area contributed by atoms with Gasteiger partial charge in [-0.2, -0.15) is 0 Å². The maximum absolute atomic E-state index is 13.1. The fourth-order valence-electron chi connectivity index (χ4n) is 3.81. The van der Waals surface area contributed by atoms with Crippen molar-refractivity contribution >= 4 is 28.1 Å². The number of nitrogens with zero attached hydrogens (tertiary/aromatic N) is 2. The zero-order chi connectivity index (χ0) is 20.9. The summed E-state index contributed by atoms with van der Waals surface area (Å²) in [5.41, 5.74) is 3.46. The maximum Gasteiger partial charge on any atom is 0.505 e. The minimum atomic E-state index is -2.66. The number of amides is 1. The first-order valence-corrected chi connectivity index (χ1v) is 10.4. The Morgan fingerprint density at radius 2 is 2.03 bits per heavy atom. The minimum Gasteiger partial charge on any atom is -0.403 e. The van der Waals surface area contributed by atoms with E-state index in [1.807, 2.05) is 24.0 Å². The summed E-state index contributed by atoms with van der Waals surface area (Å²) < 4.78 is 9.74. The van der Waals surface area contributed by atoms with Crippen molar-refractivity contribution < 1.29 is 24.5 Å². The number of ether oxygens (including phenoxy) is 2. The summed E-state index contributed by atoms with van der Waals surface area (Å²) in [5, 5.41) is 24.2. The van der Waals surface area contributed by atoms with Gasteiger partial charge in [0.05, 0.1) is 6.04 Å². The van der Waals surface area contributed by atoms with Crippen LogP contribution in [-0.4, -0.2) is 38.7 Å². The van der Waals surface area contributed by atoms with Gasteiger partial charge in [0, 0.05) is 23.7 Å². The zero-order valence-corrected chi connectivity index (χ0v) is 16.8. The van der Waals surface area contributed by atoms with Crippen molar-refractivity contribution in [2.45, 2.75) is 25.5 Å². The monoisotopic (exact) mass is 425 g/mol. The van der Waals surface area contributed by atoms with Gasteiger partial charge in [0.1, 0.15) is 5.69 Å². The van der Waals surface area contributed by atoms with Crippen LogP contribution in [0.15, 0.2) is 47.8 Å². The topological polar surface area (TPSA) is 104 Å². The normalized spacial score (nSPS) is 18.8. The largest absolute Gasteiger partial charge is 0.505 e. The van der Waals surface area contributed by atoms with Gasteiger partial charge in [0.2, 0.25) is 0 Å². The summed E-state index contributed by atoms with van der Waals surface area (Å²) >= 11 is 1.32. The second kappa shape index (κ2) is 6.98. The summed E-state index contributed by atoms with van der Waals surface area (Å²) in [6.45, 7) is 2.69. The van der Waals surface area contributed by atoms with E-state index in [2.05, 4.69) is 22.4 Å². The van der Waals surface area contributed by atoms with Crippen molar-refractivity contribution in [1.29, 1.82) is 0 Å². The van der Waals surface area contributed by atoms with Crippen LogP contribution < -0.4 is 14.8 Å². The van der Waals surface area contributed by atoms with Crippen molar-refractivity contribution in [3.8, 4) is 11.5 Å². The van der Waals surface area contributed by atoms with E-state index in [-0.39, 0.29) is 23.4 Å². The van der Waals surface area contributed by atoms with Gasteiger partial charge in [0.15, 0.2) is 16.6 Å². The number of hydrogen-bond donors (Lipinski definition) is 3. The van der Waals surface area contributed by atoms with Crippen LogP contribution in [0.25, 0.3) is 0 Å². The molecule has 0 saturated heterocycles. The van der Waals surface area contributed by atoms with Gasteiger partial charge in [-0.3, -0.25) is 15.0 Å². The minimum absolute atomic E-state index is 0.00773. The van der Waals surface area contributed by atoms with Gasteiger partial charge in [0.25, 0.3) is 5.91 Å². The number of fused-ring (bicyclic) bond motifs is 2. The predicted molar refractivity (Wildman–Crippen MR) is 110 cm³/mol. The van der Waals surface area contributed by atoms with Crippen LogP contribution in [0.3, 0.4) is 0 Å². The van der Waals surface area contributed by atoms with Crippen LogP contribution in [0.4, 0.5) is 10.8 Å². The third kappa shape index (κ3) is 3.36. The van der Waals surface area contributed by atoms with E-state index in [9.17, 15) is 15.0 Å². The molecule has 1 amide bonds. The summed E-state index contributed by atoms with van der Waals surface area (Å²) in [6, 6.07) is 13.0. The highest BCUT2D eigenvalue weighted by molar-refractivity contribution is 7.14. The number of hydrogen-bond acceptors (Lipinski definition) is 8. The summed E-state index contributed by atoms with van der Waals surface area (Å²) in [4.78, 5) is 19.4. The number of carbonyl (C=O) groups is 1. The molecule has 0 fully saturated rings. The Hall–Kier alpha value is -3.14. The second-order valence-corrected chi connectivity index (χ2v) is 8.06. The fraction of sp³-hybridized carbons (Fsp3) is 0.238. The highest BCUT2D eigenvalue weighted by Crippen LogP contribution is 2.40. The number of nitrogens with one attached hydrogen (secondary N) is 1. The summed E-state index contributed by atoms with van der Waals surface area (Å²) in [5.74, 6) is 0.316. The molecule has 2 aromatic carbocycles. The lowest BCUT2D eigenvalue weighted by molar-refractivity contribution is -0.385. The first kappa shape index (κ1) is 18.9. The highest BCUT2D eigenvalue weighted by Gasteiger charge is 2.38. The third-order valence-electron chi connectivity index (χ3n) is 5.26. The first-order chi connectivity index (χ1) is 14.4. The molecule has 2 aliphatic rings. The highest BCUT2D eigenvalue weighted by atomic mass is 32.1. The molecule has 30 heavy (non-hydrogen) atoms. The lowest BCUT2D eigenvalue weighted by Crippen LogP contribution is -2.39. The first-order valence-electron chi connectivity index (χ1n) is 9.48. The molecule has 154 valence electrons. The average Bonchev–Trinajstić information content (AvgIpc) is 3.30. The van der Waals surface area contributed by atoms with Gasteiger partial charge < -0.3 is 19.7 Å². The number of aromatic nitrogens is 1. The van der Waals surface area contributed by atoms with E-state index in [0.717, 1.165) is 6.42 Å². The SMILES string of the molecule is CC1c2ccccc2CCN1C(=O)c1csc(Nc2ccc3c(c2)OC(O)(O)O3)n1. The molecule has 9 heteroatoms. The van der Waals surface area contributed by atoms with Crippen LogP contribution in [0.2, 0.25) is 0 Å². The van der Waals surface area contributed by atoms with Gasteiger partial charge in [-0.1, -0.05) is 24.3 Å². The van der Waals surface area contributed by atoms with Gasteiger partial charge in [-0.25, -0.2) is 4.98 Å². The lowest BCUT2D eigenvalue weighted by Gasteiger charge is -2.34. The molecular formula is C21H19N3O5S. The number of aliphatic hydroxyl groups is 2. The van der Waals surface area contributed by atoms with Crippen molar-refractivity contribution in [1.82, 2.24) is 9.88 Å². The molecule has 1 aromatic heterocycles. The standard InChI is InChI=1S/C21H19N3O5S/c1-12-15-5-3-2-4-13(15)8-9-24(12)19(25)16-11-30-20(23-16)22-14-6-7-17-18(10-14)29-21(26,27)28-17/h2-7,10-12,26-27H,8-9H2,1H3,(H,22,23). The molecule has 0 radical (unpaired) electrons. The number of carbonyl (C=O) groups excluding carboxylic acids is 1. The molecule has 1 unspecified atom stereocenters. The molecule has 8 nitrogen and oxygen atoms in total. The Kier molecular flexibility index (Phi) is 4.39. The molecule has 5 rings (SSSR count). The Morgan fingerprint density at radius 3 is 2.90 bits per heavy atom. The van der Waals surface area contributed by atoms with Crippen molar-refractivity contribution in [3.05, 3.63) is 64.7 Å². The predicted octanol–water partition coefficient (Wildman–Crippen LogP) is 3.01. The molecule has 3 heterocycles. The summed E-state index contributed by atoms with van der Waals surface area (Å²) in [6.07, 6.45) is -1.83. The molecule has 0 aliphatic carbocycles. The summed E-state index contributed by atoms with van der Waals surface area (Å²) in [7, 11) is 0. The van der Waals surface area contributed by atoms with E-state index in [1.165, 1.54) is 22.5 Å². The van der Waals surface area contributed by atoms with E-state index < -0.39 is 6.16 Å². The van der Waals surface area contributed by atoms with Gasteiger partial charge >= 0.3 is 6.16 Å². The smallest absolute Gasteiger partial charge is 0.403 e. The Bertz CT molecular complexity index is 1130. The molecule has 3 N–H and O–H groups in total. The van der Waals surface area contributed by atoms with Crippen molar-refractivity contribution in [2.75, 3.05) is 11.9 Å². The number of thiazole rings is 1. The molecule has 3 aromatic rings. The Labute approximate surface area is 176 Å². The maximum atomic E-state index is 13.1. The molecular weight excluding hydrogens is 406 g/mol. The fourth-order valence-corrected chi connectivity index (χ4v) is 4.51. The Morgan fingerprint density at radius 1 is 1.23 bits per heavy atom. The zero-order valence-electron chi connectivity index (χ0n) is 16.0. The van der Waals surface area contributed by atoms with Gasteiger partial charge in [-0.05, 0) is 36.6 Å². The van der Waals surface area contributed by atoms with E-state index >= 15 is 0 Å². The van der Waals surface area contributed by atoms with Gasteiger partial charge in [-0.15, -0.1) is 11.3 Å². The van der Waals surface area contributed by atoms with E-state index in [4.69, 9.17) is 9.47 Å². The van der Waals surface area contributed by atoms with E-state index in [0.29, 0.717) is 23.1 Å². The van der Waals surface area contributed by atoms with Crippen LogP contribution in [0, 0.1) is 0 Å². The van der Waals surface area contributed by atoms with Crippen LogP contribution in [0.1, 0.15) is 34.6 Å². The molecule has 1 atom stereocenters. The van der Waals surface area contributed by atoms with E-state index in [1.54, 1.807) is 23.6 Å². The number of rotatable bonds is 3. The quantitative estimate of drug-likeness (QED) is 0.554.